The van der Waals surface area contributed by atoms with Gasteiger partial charge in [0.2, 0.25) is 5.88 Å². The Bertz CT molecular complexity index is 433. The molecule has 0 spiro atoms. The van der Waals surface area contributed by atoms with Crippen molar-refractivity contribution in [1.82, 2.24) is 20.0 Å². The maximum Gasteiger partial charge on any atom is 0.275 e. The molecule has 1 amide bonds. The van der Waals surface area contributed by atoms with Crippen LogP contribution >= 0.6 is 0 Å². The van der Waals surface area contributed by atoms with Crippen LogP contribution in [-0.2, 0) is 7.05 Å². The van der Waals surface area contributed by atoms with Crippen LogP contribution in [0.4, 0.5) is 0 Å². The summed E-state index contributed by atoms with van der Waals surface area (Å²) in [5.41, 5.74) is 0.440. The predicted molar refractivity (Wildman–Crippen MR) is 67.7 cm³/mol. The van der Waals surface area contributed by atoms with E-state index in [2.05, 4.69) is 10.4 Å². The maximum atomic E-state index is 12.5. The zero-order chi connectivity index (χ0) is 13.3. The molecular formula is C12H20N4O2. The molecule has 0 bridgehead atoms. The van der Waals surface area contributed by atoms with E-state index in [1.807, 2.05) is 18.7 Å². The largest absolute Gasteiger partial charge is 0.481 e. The third-order valence-corrected chi connectivity index (χ3v) is 3.33. The van der Waals surface area contributed by atoms with E-state index in [4.69, 9.17) is 4.74 Å². The Hall–Kier alpha value is -1.56. The Labute approximate surface area is 107 Å². The summed E-state index contributed by atoms with van der Waals surface area (Å²) in [7, 11) is 3.33. The third-order valence-electron chi connectivity index (χ3n) is 3.33. The number of carbonyl (C=O) groups excluding carboxylic acids is 1. The van der Waals surface area contributed by atoms with Crippen LogP contribution in [0.25, 0.3) is 0 Å². The van der Waals surface area contributed by atoms with Gasteiger partial charge in [0, 0.05) is 38.3 Å². The van der Waals surface area contributed by atoms with Crippen molar-refractivity contribution < 1.29 is 9.53 Å². The van der Waals surface area contributed by atoms with Crippen LogP contribution in [0.2, 0.25) is 0 Å². The van der Waals surface area contributed by atoms with Gasteiger partial charge in [-0.25, -0.2) is 4.68 Å². The third kappa shape index (κ3) is 2.20. The van der Waals surface area contributed by atoms with E-state index in [1.54, 1.807) is 24.9 Å². The Kier molecular flexibility index (Phi) is 3.56. The summed E-state index contributed by atoms with van der Waals surface area (Å²) in [6.07, 6.45) is 0. The van der Waals surface area contributed by atoms with Gasteiger partial charge in [0.25, 0.3) is 5.91 Å². The van der Waals surface area contributed by atoms with Crippen LogP contribution in [0.15, 0.2) is 6.07 Å². The number of hydrogen-bond acceptors (Lipinski definition) is 4. The molecule has 2 atom stereocenters. The number of nitrogens with one attached hydrogen (secondary N) is 1. The number of hydrogen-bond donors (Lipinski definition) is 1. The van der Waals surface area contributed by atoms with Crippen LogP contribution in [-0.4, -0.2) is 52.9 Å². The van der Waals surface area contributed by atoms with Crippen molar-refractivity contribution in [2.75, 3.05) is 20.2 Å². The number of carbonyl (C=O) groups is 1. The van der Waals surface area contributed by atoms with E-state index in [-0.39, 0.29) is 18.0 Å². The van der Waals surface area contributed by atoms with E-state index in [9.17, 15) is 4.79 Å². The molecule has 100 valence electrons. The second-order valence-electron chi connectivity index (χ2n) is 4.76. The molecule has 1 saturated heterocycles. The molecule has 0 radical (unpaired) electrons. The molecule has 0 aromatic carbocycles. The zero-order valence-electron chi connectivity index (χ0n) is 11.3. The smallest absolute Gasteiger partial charge is 0.275 e. The number of methoxy groups -OCH3 is 1. The number of aromatic nitrogens is 2. The molecule has 18 heavy (non-hydrogen) atoms. The first-order valence-electron chi connectivity index (χ1n) is 6.16. The molecule has 2 heterocycles. The molecule has 1 N–H and O–H groups in total. The van der Waals surface area contributed by atoms with Gasteiger partial charge in [-0.05, 0) is 13.8 Å². The average molecular weight is 252 g/mol. The highest BCUT2D eigenvalue weighted by Crippen LogP contribution is 2.17. The lowest BCUT2D eigenvalue weighted by atomic mass is 10.1. The number of ether oxygens (including phenoxy) is 1. The van der Waals surface area contributed by atoms with Gasteiger partial charge < -0.3 is 15.0 Å². The maximum absolute atomic E-state index is 12.5. The number of piperazine rings is 1. The fraction of sp³-hybridized carbons (Fsp3) is 0.667. The minimum absolute atomic E-state index is 0.0320. The van der Waals surface area contributed by atoms with E-state index >= 15 is 0 Å². The second kappa shape index (κ2) is 4.97. The minimum Gasteiger partial charge on any atom is -0.481 e. The molecule has 6 nitrogen and oxygen atoms in total. The van der Waals surface area contributed by atoms with Crippen molar-refractivity contribution in [1.29, 1.82) is 0 Å². The van der Waals surface area contributed by atoms with Crippen molar-refractivity contribution in [2.24, 2.45) is 7.05 Å². The summed E-state index contributed by atoms with van der Waals surface area (Å²) in [4.78, 5) is 14.4. The standard InChI is InChI=1S/C12H20N4O2/c1-8-6-13-7-9(2)16(8)12(17)10-5-11(18-4)15(3)14-10/h5,8-9,13H,6-7H2,1-4H3. The Balaban J connectivity index is 2.23. The van der Waals surface area contributed by atoms with Gasteiger partial charge in [-0.2, -0.15) is 5.10 Å². The lowest BCUT2D eigenvalue weighted by Crippen LogP contribution is -2.57. The average Bonchev–Trinajstić information content (AvgIpc) is 2.70. The summed E-state index contributed by atoms with van der Waals surface area (Å²) in [5.74, 6) is 0.559. The number of nitrogens with zero attached hydrogens (tertiary/aromatic N) is 3. The highest BCUT2D eigenvalue weighted by Gasteiger charge is 2.31. The van der Waals surface area contributed by atoms with Crippen LogP contribution in [0, 0.1) is 0 Å². The number of aryl methyl sites for hydroxylation is 1. The fourth-order valence-corrected chi connectivity index (χ4v) is 2.41. The molecule has 6 heteroatoms. The minimum atomic E-state index is -0.0320. The first kappa shape index (κ1) is 12.9. The van der Waals surface area contributed by atoms with Crippen molar-refractivity contribution in [3.05, 3.63) is 11.8 Å². The molecule has 1 aromatic heterocycles. The van der Waals surface area contributed by atoms with Crippen molar-refractivity contribution in [3.8, 4) is 5.88 Å². The van der Waals surface area contributed by atoms with E-state index in [0.29, 0.717) is 11.6 Å². The zero-order valence-corrected chi connectivity index (χ0v) is 11.3. The quantitative estimate of drug-likeness (QED) is 0.820. The molecule has 2 rings (SSSR count). The van der Waals surface area contributed by atoms with Gasteiger partial charge in [0.15, 0.2) is 5.69 Å². The highest BCUT2D eigenvalue weighted by atomic mass is 16.5. The lowest BCUT2D eigenvalue weighted by Gasteiger charge is -2.39. The topological polar surface area (TPSA) is 59.4 Å². The van der Waals surface area contributed by atoms with Gasteiger partial charge in [0.1, 0.15) is 0 Å². The Morgan fingerprint density at radius 3 is 2.56 bits per heavy atom. The molecule has 1 fully saturated rings. The second-order valence-corrected chi connectivity index (χ2v) is 4.76. The van der Waals surface area contributed by atoms with Crippen LogP contribution < -0.4 is 10.1 Å². The summed E-state index contributed by atoms with van der Waals surface area (Å²) < 4.78 is 6.71. The van der Waals surface area contributed by atoms with Gasteiger partial charge in [0.05, 0.1) is 7.11 Å². The number of amides is 1. The summed E-state index contributed by atoms with van der Waals surface area (Å²) in [6, 6.07) is 2.03. The van der Waals surface area contributed by atoms with Gasteiger partial charge in [-0.1, -0.05) is 0 Å². The van der Waals surface area contributed by atoms with Crippen LogP contribution in [0.5, 0.6) is 5.88 Å². The predicted octanol–water partition coefficient (Wildman–Crippen LogP) is 0.251. The summed E-state index contributed by atoms with van der Waals surface area (Å²) in [5, 5.41) is 7.51. The lowest BCUT2D eigenvalue weighted by molar-refractivity contribution is 0.0537. The van der Waals surface area contributed by atoms with Gasteiger partial charge in [-0.3, -0.25) is 4.79 Å². The van der Waals surface area contributed by atoms with Gasteiger partial charge in [-0.15, -0.1) is 0 Å². The van der Waals surface area contributed by atoms with Gasteiger partial charge >= 0.3 is 0 Å². The van der Waals surface area contributed by atoms with Crippen molar-refractivity contribution in [2.45, 2.75) is 25.9 Å². The molecule has 1 aliphatic heterocycles. The molecule has 1 aromatic rings. The normalized spacial score (nSPS) is 24.1. The highest BCUT2D eigenvalue weighted by molar-refractivity contribution is 5.93. The molecular weight excluding hydrogens is 232 g/mol. The monoisotopic (exact) mass is 252 g/mol. The first-order chi connectivity index (χ1) is 8.54. The number of rotatable bonds is 2. The summed E-state index contributed by atoms with van der Waals surface area (Å²) in [6.45, 7) is 5.72. The van der Waals surface area contributed by atoms with Crippen LogP contribution in [0.1, 0.15) is 24.3 Å². The molecule has 1 aliphatic rings. The molecule has 0 saturated carbocycles. The Morgan fingerprint density at radius 2 is 2.06 bits per heavy atom. The SMILES string of the molecule is COc1cc(C(=O)N2C(C)CNCC2C)nn1C. The van der Waals surface area contributed by atoms with Crippen LogP contribution in [0.3, 0.4) is 0 Å². The molecule has 0 aliphatic carbocycles. The Morgan fingerprint density at radius 1 is 1.44 bits per heavy atom. The van der Waals surface area contributed by atoms with Crippen molar-refractivity contribution >= 4 is 5.91 Å². The summed E-state index contributed by atoms with van der Waals surface area (Å²) >= 11 is 0. The van der Waals surface area contributed by atoms with E-state index in [0.717, 1.165) is 13.1 Å². The van der Waals surface area contributed by atoms with E-state index in [1.165, 1.54) is 0 Å². The first-order valence-corrected chi connectivity index (χ1v) is 6.16. The fourth-order valence-electron chi connectivity index (χ4n) is 2.41. The van der Waals surface area contributed by atoms with Crippen molar-refractivity contribution in [3.63, 3.8) is 0 Å². The van der Waals surface area contributed by atoms with E-state index < -0.39 is 0 Å². The molecule has 2 unspecified atom stereocenters.